The van der Waals surface area contributed by atoms with Crippen molar-refractivity contribution >= 4 is 19.8 Å². The molecule has 0 amide bonds. The summed E-state index contributed by atoms with van der Waals surface area (Å²) >= 11 is 0. The molecule has 0 heterocycles. The number of rotatable bonds is 35. The summed E-state index contributed by atoms with van der Waals surface area (Å²) in [5.74, 6) is -1.03. The molecule has 9 nitrogen and oxygen atoms in total. The van der Waals surface area contributed by atoms with E-state index in [1.54, 1.807) is 6.08 Å². The summed E-state index contributed by atoms with van der Waals surface area (Å²) in [5.41, 5.74) is 0. The summed E-state index contributed by atoms with van der Waals surface area (Å²) in [5, 5.41) is 9.81. The first-order valence-electron chi connectivity index (χ1n) is 20.1. The van der Waals surface area contributed by atoms with E-state index in [1.165, 1.54) is 25.7 Å². The van der Waals surface area contributed by atoms with E-state index in [4.69, 9.17) is 19.3 Å². The molecule has 10 heteroatoms. The van der Waals surface area contributed by atoms with Crippen molar-refractivity contribution in [1.82, 2.24) is 0 Å². The number of carbonyl (C=O) groups is 2. The number of phosphoric ester groups is 1. The number of unbranched alkanes of at least 4 members (excludes halogenated alkanes) is 9. The quantitative estimate of drug-likeness (QED) is 0.0189. The minimum absolute atomic E-state index is 0.118. The number of esters is 2. The number of carbonyl (C=O) groups excluding carboxylic acids is 2. The maximum Gasteiger partial charge on any atom is 0.469 e. The summed E-state index contributed by atoms with van der Waals surface area (Å²) in [6.07, 6.45) is 48.9. The van der Waals surface area contributed by atoms with Crippen molar-refractivity contribution in [2.24, 2.45) is 0 Å². The Kier molecular flexibility index (Phi) is 36.0. The first-order chi connectivity index (χ1) is 26.2. The molecule has 0 radical (unpaired) electrons. The molecule has 0 aliphatic carbocycles. The van der Waals surface area contributed by atoms with E-state index in [2.05, 4.69) is 60.9 Å². The van der Waals surface area contributed by atoms with Crippen LogP contribution in [0, 0.1) is 0 Å². The van der Waals surface area contributed by atoms with Crippen LogP contribution in [0.5, 0.6) is 0 Å². The summed E-state index contributed by atoms with van der Waals surface area (Å²) < 4.78 is 26.3. The first kappa shape index (κ1) is 50.9. The molecule has 0 fully saturated rings. The highest BCUT2D eigenvalue weighted by molar-refractivity contribution is 7.46. The summed E-state index contributed by atoms with van der Waals surface area (Å²) in [6, 6.07) is 0. The Bertz CT molecular complexity index is 1210. The van der Waals surface area contributed by atoms with Gasteiger partial charge in [0.05, 0.1) is 12.7 Å². The highest BCUT2D eigenvalue weighted by Gasteiger charge is 2.22. The van der Waals surface area contributed by atoms with E-state index < -0.39 is 38.6 Å². The number of aliphatic hydroxyl groups is 1. The third-order valence-electron chi connectivity index (χ3n) is 7.93. The minimum atomic E-state index is -4.79. The normalized spacial score (nSPS) is 14.1. The number of phosphoric acid groups is 1. The molecule has 0 aromatic rings. The lowest BCUT2D eigenvalue weighted by atomic mass is 10.1. The third kappa shape index (κ3) is 40.1. The fraction of sp³-hybridized carbons (Fsp3) is 0.591. The second kappa shape index (κ2) is 38.2. The molecule has 54 heavy (non-hydrogen) atoms. The molecule has 0 saturated carbocycles. The van der Waals surface area contributed by atoms with Gasteiger partial charge in [0, 0.05) is 12.8 Å². The number of hydrogen-bond acceptors (Lipinski definition) is 7. The average Bonchev–Trinajstić information content (AvgIpc) is 3.13. The molecule has 0 aliphatic heterocycles. The van der Waals surface area contributed by atoms with Crippen molar-refractivity contribution in [2.75, 3.05) is 13.2 Å². The number of allylic oxidation sites excluding steroid dienone is 14. The molecule has 1 unspecified atom stereocenters. The monoisotopic (exact) mass is 774 g/mol. The van der Waals surface area contributed by atoms with Gasteiger partial charge in [-0.15, -0.1) is 0 Å². The summed E-state index contributed by atoms with van der Waals surface area (Å²) in [6.45, 7) is 3.36. The molecule has 0 aliphatic rings. The second-order valence-electron chi connectivity index (χ2n) is 13.1. The number of hydrogen-bond donors (Lipinski definition) is 3. The van der Waals surface area contributed by atoms with Gasteiger partial charge in [0.15, 0.2) is 6.10 Å². The van der Waals surface area contributed by atoms with Gasteiger partial charge in [-0.3, -0.25) is 14.1 Å². The van der Waals surface area contributed by atoms with Crippen LogP contribution in [0.1, 0.15) is 142 Å². The SMILES string of the molecule is CC/C=C\CC(O)/C=C/C=C/C/C=C\C/C=C\C/C=C\CCC(=O)OC[C@H](COP(=O)(O)O)OC(=O)CCCCCCCC/C=C\C/C=C\CCCCC. The Hall–Kier alpha value is -3.07. The van der Waals surface area contributed by atoms with Crippen LogP contribution in [0.3, 0.4) is 0 Å². The van der Waals surface area contributed by atoms with E-state index in [9.17, 15) is 19.3 Å². The second-order valence-corrected chi connectivity index (χ2v) is 14.3. The summed E-state index contributed by atoms with van der Waals surface area (Å²) in [7, 11) is -4.79. The predicted molar refractivity (Wildman–Crippen MR) is 222 cm³/mol. The highest BCUT2D eigenvalue weighted by Crippen LogP contribution is 2.36. The zero-order chi connectivity index (χ0) is 39.8. The fourth-order valence-electron chi connectivity index (χ4n) is 4.92. The molecule has 0 aromatic heterocycles. The van der Waals surface area contributed by atoms with Crippen LogP contribution in [0.25, 0.3) is 0 Å². The highest BCUT2D eigenvalue weighted by atomic mass is 31.2. The smallest absolute Gasteiger partial charge is 0.462 e. The molecule has 306 valence electrons. The maximum absolute atomic E-state index is 12.4. The van der Waals surface area contributed by atoms with Crippen molar-refractivity contribution < 1.29 is 43.0 Å². The van der Waals surface area contributed by atoms with E-state index in [1.807, 2.05) is 48.6 Å². The predicted octanol–water partition coefficient (Wildman–Crippen LogP) is 11.2. The van der Waals surface area contributed by atoms with Crippen molar-refractivity contribution in [2.45, 2.75) is 154 Å². The average molecular weight is 775 g/mol. The molecule has 2 atom stereocenters. The van der Waals surface area contributed by atoms with Gasteiger partial charge in [-0.1, -0.05) is 150 Å². The van der Waals surface area contributed by atoms with Crippen LogP contribution in [-0.2, 0) is 28.2 Å². The van der Waals surface area contributed by atoms with Gasteiger partial charge in [-0.05, 0) is 77.0 Å². The third-order valence-corrected chi connectivity index (χ3v) is 8.42. The zero-order valence-corrected chi connectivity index (χ0v) is 34.1. The molecule has 0 bridgehead atoms. The lowest BCUT2D eigenvalue weighted by Gasteiger charge is -2.18. The Morgan fingerprint density at radius 1 is 0.593 bits per heavy atom. The molecule has 3 N–H and O–H groups in total. The molecular weight excluding hydrogens is 703 g/mol. The lowest BCUT2D eigenvalue weighted by Crippen LogP contribution is -2.29. The van der Waals surface area contributed by atoms with Gasteiger partial charge in [0.1, 0.15) is 6.61 Å². The van der Waals surface area contributed by atoms with Gasteiger partial charge >= 0.3 is 19.8 Å². The maximum atomic E-state index is 12.4. The van der Waals surface area contributed by atoms with Gasteiger partial charge < -0.3 is 24.4 Å². The Labute approximate surface area is 327 Å². The Balaban J connectivity index is 4.15. The molecular formula is C44H71O9P. The largest absolute Gasteiger partial charge is 0.469 e. The van der Waals surface area contributed by atoms with Crippen LogP contribution in [0.2, 0.25) is 0 Å². The van der Waals surface area contributed by atoms with E-state index in [0.29, 0.717) is 19.3 Å². The van der Waals surface area contributed by atoms with Crippen molar-refractivity contribution in [3.05, 3.63) is 97.2 Å². The van der Waals surface area contributed by atoms with Gasteiger partial charge in [0.2, 0.25) is 0 Å². The van der Waals surface area contributed by atoms with Gasteiger partial charge in [0.25, 0.3) is 0 Å². The van der Waals surface area contributed by atoms with Crippen molar-refractivity contribution in [3.63, 3.8) is 0 Å². The van der Waals surface area contributed by atoms with Crippen LogP contribution >= 0.6 is 7.82 Å². The van der Waals surface area contributed by atoms with E-state index in [0.717, 1.165) is 70.6 Å². The fourth-order valence-corrected chi connectivity index (χ4v) is 5.28. The Morgan fingerprint density at radius 3 is 1.76 bits per heavy atom. The molecule has 0 saturated heterocycles. The van der Waals surface area contributed by atoms with E-state index in [-0.39, 0.29) is 19.4 Å². The molecule has 0 aromatic carbocycles. The van der Waals surface area contributed by atoms with Crippen LogP contribution in [-0.4, -0.2) is 52.3 Å². The number of ether oxygens (including phenoxy) is 2. The van der Waals surface area contributed by atoms with Crippen LogP contribution < -0.4 is 0 Å². The molecule has 0 spiro atoms. The summed E-state index contributed by atoms with van der Waals surface area (Å²) in [4.78, 5) is 42.8. The van der Waals surface area contributed by atoms with Crippen LogP contribution in [0.4, 0.5) is 0 Å². The topological polar surface area (TPSA) is 140 Å². The lowest BCUT2D eigenvalue weighted by molar-refractivity contribution is -0.161. The minimum Gasteiger partial charge on any atom is -0.462 e. The van der Waals surface area contributed by atoms with Crippen LogP contribution in [0.15, 0.2) is 97.2 Å². The Morgan fingerprint density at radius 2 is 1.15 bits per heavy atom. The van der Waals surface area contributed by atoms with Crippen molar-refractivity contribution in [1.29, 1.82) is 0 Å². The number of aliphatic hydroxyl groups excluding tert-OH is 1. The van der Waals surface area contributed by atoms with Gasteiger partial charge in [-0.2, -0.15) is 0 Å². The van der Waals surface area contributed by atoms with Gasteiger partial charge in [-0.25, -0.2) is 4.57 Å². The molecule has 0 rings (SSSR count). The van der Waals surface area contributed by atoms with Crippen molar-refractivity contribution in [3.8, 4) is 0 Å². The zero-order valence-electron chi connectivity index (χ0n) is 33.2. The first-order valence-corrected chi connectivity index (χ1v) is 21.7. The standard InChI is InChI=1S/C44H71O9P/c1-3-5-7-8-9-10-11-12-13-14-17-21-24-27-30-34-38-44(47)53-42(40-52-54(48,49)50)39-51-43(46)37-33-29-26-23-20-18-15-16-19-22-25-28-32-36-41(45)35-31-6-4-2/h6,9-10,12-13,16,18-20,25-26,28-29,31-32,36,41-42,45H,3-5,7-8,11,14-15,17,21-24,27,30,33-35,37-40H2,1-2H3,(H2,48,49,50)/b10-9-,13-12-,19-16-,20-18-,28-25+,29-26-,31-6-,36-32+/t41?,42-/m1/s1. The van der Waals surface area contributed by atoms with E-state index >= 15 is 0 Å².